The summed E-state index contributed by atoms with van der Waals surface area (Å²) >= 11 is 6.40. The molecule has 3 aromatic rings. The number of morpholine rings is 1. The molecule has 1 atom stereocenters. The Morgan fingerprint density at radius 3 is 2.45 bits per heavy atom. The molecule has 2 heterocycles. The lowest BCUT2D eigenvalue weighted by atomic mass is 9.98. The Bertz CT molecular complexity index is 1430. The number of nitrogens with zero attached hydrogens (tertiary/aromatic N) is 4. The second-order valence-corrected chi connectivity index (χ2v) is 10.5. The third kappa shape index (κ3) is 6.75. The van der Waals surface area contributed by atoms with Crippen LogP contribution in [0.4, 0.5) is 0 Å². The molecule has 10 heteroatoms. The first-order valence-electron chi connectivity index (χ1n) is 14.0. The summed E-state index contributed by atoms with van der Waals surface area (Å²) in [5.41, 5.74) is 2.82. The maximum Gasteiger partial charge on any atom is 0.262 e. The van der Waals surface area contributed by atoms with Crippen molar-refractivity contribution >= 4 is 29.1 Å². The number of rotatable bonds is 10. The molecule has 42 heavy (non-hydrogen) atoms. The molecule has 0 aromatic heterocycles. The first-order valence-corrected chi connectivity index (χ1v) is 14.4. The molecular weight excluding hydrogens is 556 g/mol. The number of ether oxygens (including phenoxy) is 3. The molecule has 0 radical (unpaired) electrons. The van der Waals surface area contributed by atoms with Gasteiger partial charge in [-0.25, -0.2) is 5.01 Å². The number of methoxy groups -OCH3 is 2. The second kappa shape index (κ2) is 13.8. The Kier molecular flexibility index (Phi) is 9.74. The smallest absolute Gasteiger partial charge is 0.262 e. The zero-order valence-corrected chi connectivity index (χ0v) is 24.6. The number of benzene rings is 3. The van der Waals surface area contributed by atoms with Crippen molar-refractivity contribution in [3.63, 3.8) is 0 Å². The number of hydrogen-bond donors (Lipinski definition) is 0. The summed E-state index contributed by atoms with van der Waals surface area (Å²) in [4.78, 5) is 31.6. The molecule has 2 amide bonds. The minimum Gasteiger partial charge on any atom is -0.497 e. The van der Waals surface area contributed by atoms with Crippen LogP contribution in [0.1, 0.15) is 33.9 Å². The van der Waals surface area contributed by atoms with Crippen molar-refractivity contribution in [2.75, 3.05) is 60.2 Å². The zero-order valence-electron chi connectivity index (χ0n) is 23.9. The molecule has 220 valence electrons. The van der Waals surface area contributed by atoms with Crippen molar-refractivity contribution < 1.29 is 23.8 Å². The predicted molar refractivity (Wildman–Crippen MR) is 161 cm³/mol. The number of hydrazone groups is 1. The topological polar surface area (TPSA) is 83.9 Å². The van der Waals surface area contributed by atoms with Gasteiger partial charge in [0.1, 0.15) is 18.0 Å². The minimum atomic E-state index is -0.336. The summed E-state index contributed by atoms with van der Waals surface area (Å²) < 4.78 is 16.5. The van der Waals surface area contributed by atoms with Gasteiger partial charge >= 0.3 is 0 Å². The highest BCUT2D eigenvalue weighted by Crippen LogP contribution is 2.36. The molecule has 9 nitrogen and oxygen atoms in total. The standard InChI is InChI=1S/C32H35ClN4O5/c1-40-24-12-13-26(30(20-24)41-2)28-21-29(23-8-4-3-5-9-23)37(34-28)31(38)22-36(15-14-35-16-18-42-19-17-35)32(39)25-10-6-7-11-27(25)33/h3-13,20,29H,14-19,21-22H2,1-2H3/t29-/m1/s1. The van der Waals surface area contributed by atoms with E-state index in [2.05, 4.69) is 4.90 Å². The SMILES string of the molecule is COc1ccc(C2=NN(C(=O)CN(CCN3CCOCC3)C(=O)c3ccccc3Cl)[C@@H](c3ccccc3)C2)c(OC)c1. The van der Waals surface area contributed by atoms with Crippen molar-refractivity contribution in [1.82, 2.24) is 14.8 Å². The first kappa shape index (κ1) is 29.6. The fourth-order valence-electron chi connectivity index (χ4n) is 5.25. The van der Waals surface area contributed by atoms with Crippen molar-refractivity contribution in [2.24, 2.45) is 5.10 Å². The highest BCUT2D eigenvalue weighted by molar-refractivity contribution is 6.33. The molecule has 2 aliphatic heterocycles. The quantitative estimate of drug-likeness (QED) is 0.346. The normalized spacial score (nSPS) is 17.1. The largest absolute Gasteiger partial charge is 0.497 e. The van der Waals surface area contributed by atoms with Crippen LogP contribution in [0.15, 0.2) is 77.9 Å². The highest BCUT2D eigenvalue weighted by Gasteiger charge is 2.35. The average Bonchev–Trinajstić information content (AvgIpc) is 3.49. The third-order valence-corrected chi connectivity index (χ3v) is 7.91. The summed E-state index contributed by atoms with van der Waals surface area (Å²) in [6.45, 7) is 3.69. The molecule has 3 aromatic carbocycles. The van der Waals surface area contributed by atoms with Gasteiger partial charge in [-0.3, -0.25) is 14.5 Å². The van der Waals surface area contributed by atoms with E-state index in [-0.39, 0.29) is 24.4 Å². The minimum absolute atomic E-state index is 0.145. The van der Waals surface area contributed by atoms with Gasteiger partial charge < -0.3 is 19.1 Å². The van der Waals surface area contributed by atoms with E-state index in [0.717, 1.165) is 24.2 Å². The lowest BCUT2D eigenvalue weighted by Gasteiger charge is -2.31. The molecule has 2 aliphatic rings. The van der Waals surface area contributed by atoms with Gasteiger partial charge in [0.05, 0.1) is 49.8 Å². The summed E-state index contributed by atoms with van der Waals surface area (Å²) in [6.07, 6.45) is 0.491. The molecule has 0 N–H and O–H groups in total. The molecule has 1 fully saturated rings. The molecule has 0 bridgehead atoms. The molecule has 1 saturated heterocycles. The van der Waals surface area contributed by atoms with Crippen LogP contribution in [0.5, 0.6) is 11.5 Å². The van der Waals surface area contributed by atoms with Crippen LogP contribution in [-0.4, -0.2) is 92.5 Å². The number of hydrogen-bond acceptors (Lipinski definition) is 7. The van der Waals surface area contributed by atoms with Crippen LogP contribution in [0.3, 0.4) is 0 Å². The van der Waals surface area contributed by atoms with Gasteiger partial charge in [-0.05, 0) is 29.8 Å². The van der Waals surface area contributed by atoms with Gasteiger partial charge in [0.2, 0.25) is 0 Å². The van der Waals surface area contributed by atoms with Crippen molar-refractivity contribution in [3.8, 4) is 11.5 Å². The van der Waals surface area contributed by atoms with Gasteiger partial charge in [0.15, 0.2) is 0 Å². The summed E-state index contributed by atoms with van der Waals surface area (Å²) in [5.74, 6) is 0.693. The Morgan fingerprint density at radius 1 is 1.00 bits per heavy atom. The number of carbonyl (C=O) groups excluding carboxylic acids is 2. The summed E-state index contributed by atoms with van der Waals surface area (Å²) in [5, 5.41) is 6.68. The van der Waals surface area contributed by atoms with Crippen LogP contribution in [0.2, 0.25) is 5.02 Å². The predicted octanol–water partition coefficient (Wildman–Crippen LogP) is 4.51. The van der Waals surface area contributed by atoms with Gasteiger partial charge in [-0.1, -0.05) is 54.1 Å². The van der Waals surface area contributed by atoms with Crippen LogP contribution in [0.25, 0.3) is 0 Å². The van der Waals surface area contributed by atoms with E-state index in [1.54, 1.807) is 49.5 Å². The molecule has 5 rings (SSSR count). The molecule has 0 saturated carbocycles. The Labute approximate surface area is 251 Å². The van der Waals surface area contributed by atoms with E-state index in [9.17, 15) is 9.59 Å². The van der Waals surface area contributed by atoms with Crippen LogP contribution in [-0.2, 0) is 9.53 Å². The molecule has 0 spiro atoms. The summed E-state index contributed by atoms with van der Waals surface area (Å²) in [7, 11) is 3.19. The van der Waals surface area contributed by atoms with Crippen LogP contribution < -0.4 is 9.47 Å². The number of halogens is 1. The lowest BCUT2D eigenvalue weighted by molar-refractivity contribution is -0.133. The van der Waals surface area contributed by atoms with Gasteiger partial charge in [-0.15, -0.1) is 0 Å². The summed E-state index contributed by atoms with van der Waals surface area (Å²) in [6, 6.07) is 21.9. The first-order chi connectivity index (χ1) is 20.5. The van der Waals surface area contributed by atoms with Crippen LogP contribution >= 0.6 is 11.6 Å². The maximum absolute atomic E-state index is 14.1. The van der Waals surface area contributed by atoms with Crippen LogP contribution in [0, 0.1) is 0 Å². The lowest BCUT2D eigenvalue weighted by Crippen LogP contribution is -2.46. The van der Waals surface area contributed by atoms with E-state index in [1.807, 2.05) is 42.5 Å². The Morgan fingerprint density at radius 2 is 1.74 bits per heavy atom. The highest BCUT2D eigenvalue weighted by atomic mass is 35.5. The monoisotopic (exact) mass is 590 g/mol. The molecule has 0 unspecified atom stereocenters. The zero-order chi connectivity index (χ0) is 29.5. The Hall–Kier alpha value is -3.92. The van der Waals surface area contributed by atoms with Crippen molar-refractivity contribution in [3.05, 3.63) is 94.5 Å². The van der Waals surface area contributed by atoms with E-state index >= 15 is 0 Å². The molecular formula is C32H35ClN4O5. The van der Waals surface area contributed by atoms with E-state index in [4.69, 9.17) is 30.9 Å². The third-order valence-electron chi connectivity index (χ3n) is 7.58. The fraction of sp³-hybridized carbons (Fsp3) is 0.344. The second-order valence-electron chi connectivity index (χ2n) is 10.1. The van der Waals surface area contributed by atoms with Crippen molar-refractivity contribution in [1.29, 1.82) is 0 Å². The maximum atomic E-state index is 14.1. The van der Waals surface area contributed by atoms with E-state index < -0.39 is 0 Å². The fourth-order valence-corrected chi connectivity index (χ4v) is 5.47. The number of carbonyl (C=O) groups is 2. The van der Waals surface area contributed by atoms with E-state index in [0.29, 0.717) is 60.5 Å². The van der Waals surface area contributed by atoms with Gasteiger partial charge in [0, 0.05) is 44.2 Å². The number of amides is 2. The van der Waals surface area contributed by atoms with E-state index in [1.165, 1.54) is 5.01 Å². The average molecular weight is 591 g/mol. The van der Waals surface area contributed by atoms with Crippen molar-refractivity contribution in [2.45, 2.75) is 12.5 Å². The Balaban J connectivity index is 1.44. The van der Waals surface area contributed by atoms with Gasteiger partial charge in [-0.2, -0.15) is 5.10 Å². The van der Waals surface area contributed by atoms with Gasteiger partial charge in [0.25, 0.3) is 11.8 Å². The molecule has 0 aliphatic carbocycles.